The van der Waals surface area contributed by atoms with E-state index in [1.165, 1.54) is 0 Å². The lowest BCUT2D eigenvalue weighted by Crippen LogP contribution is -2.02. The van der Waals surface area contributed by atoms with Crippen LogP contribution in [-0.2, 0) is 6.42 Å². The van der Waals surface area contributed by atoms with Crippen LogP contribution in [0.25, 0.3) is 0 Å². The van der Waals surface area contributed by atoms with Gasteiger partial charge in [-0.05, 0) is 6.42 Å². The molecule has 0 bridgehead atoms. The molecule has 0 spiro atoms. The molecule has 0 amide bonds. The molecule has 12 heavy (non-hydrogen) atoms. The van der Waals surface area contributed by atoms with Crippen LogP contribution in [0.2, 0.25) is 0 Å². The summed E-state index contributed by atoms with van der Waals surface area (Å²) >= 11 is 0. The first-order valence-electron chi connectivity index (χ1n) is 4.13. The quantitative estimate of drug-likeness (QED) is 0.668. The van der Waals surface area contributed by atoms with Crippen LogP contribution in [0.1, 0.15) is 19.2 Å². The Labute approximate surface area is 71.3 Å². The summed E-state index contributed by atoms with van der Waals surface area (Å²) in [4.78, 5) is 0. The zero-order valence-electron chi connectivity index (χ0n) is 7.21. The maximum atomic E-state index is 5.32. The number of rotatable bonds is 5. The average Bonchev–Trinajstić information content (AvgIpc) is 2.50. The largest absolute Gasteiger partial charge is 0.408 e. The smallest absolute Gasteiger partial charge is 0.315 e. The lowest BCUT2D eigenvalue weighted by atomic mass is 10.4. The Morgan fingerprint density at radius 1 is 1.50 bits per heavy atom. The fraction of sp³-hybridized carbons (Fsp3) is 0.714. The second-order valence-corrected chi connectivity index (χ2v) is 2.47. The first-order valence-corrected chi connectivity index (χ1v) is 4.13. The van der Waals surface area contributed by atoms with Crippen LogP contribution in [0.5, 0.6) is 0 Å². The van der Waals surface area contributed by atoms with Gasteiger partial charge in [0.2, 0.25) is 5.89 Å². The molecule has 68 valence electrons. The van der Waals surface area contributed by atoms with Gasteiger partial charge in [-0.2, -0.15) is 0 Å². The van der Waals surface area contributed by atoms with Crippen molar-refractivity contribution in [2.75, 3.05) is 18.4 Å². The van der Waals surface area contributed by atoms with Gasteiger partial charge in [0.25, 0.3) is 0 Å². The molecule has 0 aliphatic carbocycles. The second-order valence-electron chi connectivity index (χ2n) is 2.47. The van der Waals surface area contributed by atoms with Crippen molar-refractivity contribution in [3.63, 3.8) is 0 Å². The third kappa shape index (κ3) is 2.50. The minimum atomic E-state index is 0.486. The topological polar surface area (TPSA) is 77.0 Å². The van der Waals surface area contributed by atoms with E-state index in [4.69, 9.17) is 10.2 Å². The number of hydrogen-bond donors (Lipinski definition) is 2. The molecule has 0 saturated carbocycles. The van der Waals surface area contributed by atoms with Crippen LogP contribution < -0.4 is 11.1 Å². The molecule has 1 heterocycles. The molecule has 5 heteroatoms. The predicted molar refractivity (Wildman–Crippen MR) is 45.8 cm³/mol. The van der Waals surface area contributed by atoms with Crippen molar-refractivity contribution < 1.29 is 4.42 Å². The minimum absolute atomic E-state index is 0.486. The third-order valence-corrected chi connectivity index (χ3v) is 1.35. The highest BCUT2D eigenvalue weighted by molar-refractivity contribution is 5.16. The van der Waals surface area contributed by atoms with E-state index in [0.29, 0.717) is 24.9 Å². The fourth-order valence-corrected chi connectivity index (χ4v) is 0.781. The molecule has 0 radical (unpaired) electrons. The van der Waals surface area contributed by atoms with Gasteiger partial charge in [0, 0.05) is 19.5 Å². The highest BCUT2D eigenvalue weighted by Crippen LogP contribution is 2.04. The molecule has 1 aromatic rings. The van der Waals surface area contributed by atoms with Crippen molar-refractivity contribution in [3.8, 4) is 0 Å². The first kappa shape index (κ1) is 8.99. The summed E-state index contributed by atoms with van der Waals surface area (Å²) < 4.78 is 5.21. The van der Waals surface area contributed by atoms with Crippen LogP contribution in [0.4, 0.5) is 6.01 Å². The summed E-state index contributed by atoms with van der Waals surface area (Å²) in [6.45, 7) is 3.46. The molecular weight excluding hydrogens is 156 g/mol. The molecule has 0 saturated heterocycles. The lowest BCUT2D eigenvalue weighted by molar-refractivity contribution is 0.505. The SMILES string of the molecule is CCCNc1nnc(CCN)o1. The van der Waals surface area contributed by atoms with Crippen molar-refractivity contribution in [2.45, 2.75) is 19.8 Å². The molecule has 3 N–H and O–H groups in total. The Bertz CT molecular complexity index is 223. The number of nitrogens with two attached hydrogens (primary N) is 1. The van der Waals surface area contributed by atoms with Crippen LogP contribution in [0.15, 0.2) is 4.42 Å². The van der Waals surface area contributed by atoms with E-state index in [1.54, 1.807) is 0 Å². The molecule has 1 rings (SSSR count). The number of aromatic nitrogens is 2. The first-order chi connectivity index (χ1) is 5.86. The van der Waals surface area contributed by atoms with Crippen molar-refractivity contribution in [1.29, 1.82) is 0 Å². The van der Waals surface area contributed by atoms with Crippen LogP contribution in [0.3, 0.4) is 0 Å². The lowest BCUT2D eigenvalue weighted by Gasteiger charge is -1.94. The number of nitrogens with one attached hydrogen (secondary N) is 1. The Hall–Kier alpha value is -1.10. The van der Waals surface area contributed by atoms with Gasteiger partial charge in [0.15, 0.2) is 0 Å². The molecule has 0 unspecified atom stereocenters. The zero-order chi connectivity index (χ0) is 8.81. The van der Waals surface area contributed by atoms with Crippen molar-refractivity contribution in [3.05, 3.63) is 5.89 Å². The Morgan fingerprint density at radius 2 is 2.33 bits per heavy atom. The molecule has 1 aromatic heterocycles. The molecule has 5 nitrogen and oxygen atoms in total. The van der Waals surface area contributed by atoms with Crippen LogP contribution >= 0.6 is 0 Å². The van der Waals surface area contributed by atoms with Gasteiger partial charge in [-0.15, -0.1) is 5.10 Å². The van der Waals surface area contributed by atoms with E-state index in [0.717, 1.165) is 13.0 Å². The maximum Gasteiger partial charge on any atom is 0.315 e. The van der Waals surface area contributed by atoms with Gasteiger partial charge in [-0.25, -0.2) is 0 Å². The molecule has 0 aliphatic heterocycles. The Balaban J connectivity index is 2.41. The van der Waals surface area contributed by atoms with Crippen LogP contribution in [0, 0.1) is 0 Å². The molecule has 0 fully saturated rings. The standard InChI is InChI=1S/C7H14N4O/c1-2-5-9-7-11-10-6(12-7)3-4-8/h2-5,8H2,1H3,(H,9,11). The highest BCUT2D eigenvalue weighted by Gasteiger charge is 2.02. The van der Waals surface area contributed by atoms with Crippen molar-refractivity contribution in [2.24, 2.45) is 5.73 Å². The van der Waals surface area contributed by atoms with Crippen molar-refractivity contribution >= 4 is 6.01 Å². The van der Waals surface area contributed by atoms with E-state index < -0.39 is 0 Å². The van der Waals surface area contributed by atoms with Crippen molar-refractivity contribution in [1.82, 2.24) is 10.2 Å². The van der Waals surface area contributed by atoms with Gasteiger partial charge < -0.3 is 15.5 Å². The zero-order valence-corrected chi connectivity index (χ0v) is 7.21. The predicted octanol–water partition coefficient (Wildman–Crippen LogP) is 0.393. The van der Waals surface area contributed by atoms with E-state index in [2.05, 4.69) is 22.4 Å². The summed E-state index contributed by atoms with van der Waals surface area (Å²) in [6, 6.07) is 0.486. The third-order valence-electron chi connectivity index (χ3n) is 1.35. The van der Waals surface area contributed by atoms with E-state index in [9.17, 15) is 0 Å². The van der Waals surface area contributed by atoms with Gasteiger partial charge in [0.1, 0.15) is 0 Å². The maximum absolute atomic E-state index is 5.32. The molecule has 0 aliphatic rings. The minimum Gasteiger partial charge on any atom is -0.408 e. The summed E-state index contributed by atoms with van der Waals surface area (Å²) in [7, 11) is 0. The average molecular weight is 170 g/mol. The van der Waals surface area contributed by atoms with E-state index in [1.807, 2.05) is 0 Å². The monoisotopic (exact) mass is 170 g/mol. The highest BCUT2D eigenvalue weighted by atomic mass is 16.4. The fourth-order valence-electron chi connectivity index (χ4n) is 0.781. The molecular formula is C7H14N4O. The Morgan fingerprint density at radius 3 is 3.00 bits per heavy atom. The summed E-state index contributed by atoms with van der Waals surface area (Å²) in [6.07, 6.45) is 1.68. The summed E-state index contributed by atoms with van der Waals surface area (Å²) in [5, 5.41) is 10.6. The molecule has 0 aromatic carbocycles. The Kier molecular flexibility index (Phi) is 3.53. The summed E-state index contributed by atoms with van der Waals surface area (Å²) in [5.74, 6) is 0.594. The van der Waals surface area contributed by atoms with Gasteiger partial charge in [0.05, 0.1) is 0 Å². The van der Waals surface area contributed by atoms with E-state index in [-0.39, 0.29) is 0 Å². The van der Waals surface area contributed by atoms with Crippen LogP contribution in [-0.4, -0.2) is 23.3 Å². The molecule has 0 atom stereocenters. The van der Waals surface area contributed by atoms with Gasteiger partial charge >= 0.3 is 6.01 Å². The van der Waals surface area contributed by atoms with E-state index >= 15 is 0 Å². The summed E-state index contributed by atoms with van der Waals surface area (Å²) in [5.41, 5.74) is 5.32. The van der Waals surface area contributed by atoms with Gasteiger partial charge in [-0.3, -0.25) is 0 Å². The number of anilines is 1. The number of hydrogen-bond acceptors (Lipinski definition) is 5. The number of nitrogens with zero attached hydrogens (tertiary/aromatic N) is 2. The van der Waals surface area contributed by atoms with Gasteiger partial charge in [-0.1, -0.05) is 12.0 Å². The normalized spacial score (nSPS) is 10.2. The second kappa shape index (κ2) is 4.71.